The van der Waals surface area contributed by atoms with Gasteiger partial charge in [-0.1, -0.05) is 32.0 Å². The minimum atomic E-state index is 0.217. The Labute approximate surface area is 128 Å². The molecule has 4 unspecified atom stereocenters. The average Bonchev–Trinajstić information content (AvgIpc) is 2.44. The SMILES string of the molecule is CC1CC(=O)C(CN2c3ccccc3CCC2C)C(C)C1. The molecule has 1 saturated carbocycles. The van der Waals surface area contributed by atoms with Gasteiger partial charge >= 0.3 is 0 Å². The zero-order valence-corrected chi connectivity index (χ0v) is 13.5. The van der Waals surface area contributed by atoms with Gasteiger partial charge in [0.05, 0.1) is 0 Å². The monoisotopic (exact) mass is 285 g/mol. The first-order chi connectivity index (χ1) is 10.1. The first-order valence-corrected chi connectivity index (χ1v) is 8.43. The van der Waals surface area contributed by atoms with E-state index in [2.05, 4.69) is 49.9 Å². The van der Waals surface area contributed by atoms with Crippen LogP contribution in [0.15, 0.2) is 24.3 Å². The number of anilines is 1. The smallest absolute Gasteiger partial charge is 0.138 e. The molecule has 0 radical (unpaired) electrons. The van der Waals surface area contributed by atoms with Crippen molar-refractivity contribution in [1.29, 1.82) is 0 Å². The molecule has 0 amide bonds. The number of para-hydroxylation sites is 1. The molecule has 1 aliphatic heterocycles. The molecule has 1 aromatic carbocycles. The highest BCUT2D eigenvalue weighted by atomic mass is 16.1. The molecule has 3 rings (SSSR count). The Balaban J connectivity index is 1.82. The summed E-state index contributed by atoms with van der Waals surface area (Å²) < 4.78 is 0. The lowest BCUT2D eigenvalue weighted by Gasteiger charge is -2.42. The van der Waals surface area contributed by atoms with Crippen molar-refractivity contribution < 1.29 is 4.79 Å². The van der Waals surface area contributed by atoms with E-state index in [0.717, 1.165) is 13.0 Å². The van der Waals surface area contributed by atoms with Crippen LogP contribution in [0.5, 0.6) is 0 Å². The first kappa shape index (κ1) is 14.6. The van der Waals surface area contributed by atoms with Crippen molar-refractivity contribution in [2.24, 2.45) is 17.8 Å². The zero-order valence-electron chi connectivity index (χ0n) is 13.5. The largest absolute Gasteiger partial charge is 0.368 e. The lowest BCUT2D eigenvalue weighted by Crippen LogP contribution is -2.45. The maximum absolute atomic E-state index is 12.5. The topological polar surface area (TPSA) is 20.3 Å². The first-order valence-electron chi connectivity index (χ1n) is 8.43. The van der Waals surface area contributed by atoms with Crippen LogP contribution in [0.1, 0.15) is 45.6 Å². The molecule has 0 aromatic heterocycles. The minimum Gasteiger partial charge on any atom is -0.368 e. The maximum atomic E-state index is 12.5. The van der Waals surface area contributed by atoms with Crippen molar-refractivity contribution in [3.63, 3.8) is 0 Å². The summed E-state index contributed by atoms with van der Waals surface area (Å²) in [6, 6.07) is 9.26. The number of carbonyl (C=O) groups is 1. The van der Waals surface area contributed by atoms with Gasteiger partial charge in [-0.2, -0.15) is 0 Å². The van der Waals surface area contributed by atoms with E-state index in [1.165, 1.54) is 30.5 Å². The van der Waals surface area contributed by atoms with Gasteiger partial charge < -0.3 is 4.90 Å². The molecular weight excluding hydrogens is 258 g/mol. The van der Waals surface area contributed by atoms with Gasteiger partial charge in [-0.05, 0) is 49.7 Å². The van der Waals surface area contributed by atoms with Crippen molar-refractivity contribution >= 4 is 11.5 Å². The molecule has 1 aromatic rings. The number of benzene rings is 1. The Morgan fingerprint density at radius 2 is 1.95 bits per heavy atom. The fourth-order valence-electron chi connectivity index (χ4n) is 4.23. The standard InChI is InChI=1S/C19H27NO/c1-13-10-14(2)17(19(21)11-13)12-20-15(3)8-9-16-6-4-5-7-18(16)20/h4-7,13-15,17H,8-12H2,1-3H3. The van der Waals surface area contributed by atoms with E-state index < -0.39 is 0 Å². The fourth-order valence-corrected chi connectivity index (χ4v) is 4.23. The number of hydrogen-bond donors (Lipinski definition) is 0. The highest BCUT2D eigenvalue weighted by molar-refractivity contribution is 5.83. The molecule has 0 saturated heterocycles. The Bertz CT molecular complexity index is 524. The summed E-state index contributed by atoms with van der Waals surface area (Å²) in [5.74, 6) is 1.78. The lowest BCUT2D eigenvalue weighted by atomic mass is 9.74. The van der Waals surface area contributed by atoms with Gasteiger partial charge in [-0.25, -0.2) is 0 Å². The van der Waals surface area contributed by atoms with E-state index in [1.807, 2.05) is 0 Å². The molecule has 2 nitrogen and oxygen atoms in total. The molecule has 1 heterocycles. The van der Waals surface area contributed by atoms with Crippen LogP contribution in [-0.2, 0) is 11.2 Å². The Hall–Kier alpha value is -1.31. The van der Waals surface area contributed by atoms with Gasteiger partial charge in [0, 0.05) is 30.6 Å². The third kappa shape index (κ3) is 2.86. The van der Waals surface area contributed by atoms with Crippen molar-refractivity contribution in [2.75, 3.05) is 11.4 Å². The number of fused-ring (bicyclic) bond motifs is 1. The molecule has 0 bridgehead atoms. The summed E-state index contributed by atoms with van der Waals surface area (Å²) in [6.45, 7) is 7.68. The molecule has 2 heteroatoms. The number of nitrogens with zero attached hydrogens (tertiary/aromatic N) is 1. The van der Waals surface area contributed by atoms with Gasteiger partial charge in [0.15, 0.2) is 0 Å². The van der Waals surface area contributed by atoms with E-state index >= 15 is 0 Å². The van der Waals surface area contributed by atoms with E-state index in [4.69, 9.17) is 0 Å². The van der Waals surface area contributed by atoms with E-state index in [0.29, 0.717) is 23.7 Å². The van der Waals surface area contributed by atoms with Crippen LogP contribution in [0, 0.1) is 17.8 Å². The van der Waals surface area contributed by atoms with Crippen LogP contribution in [0.2, 0.25) is 0 Å². The summed E-state index contributed by atoms with van der Waals surface area (Å²) in [5.41, 5.74) is 2.80. The van der Waals surface area contributed by atoms with E-state index in [1.54, 1.807) is 0 Å². The van der Waals surface area contributed by atoms with Crippen molar-refractivity contribution in [2.45, 2.75) is 52.5 Å². The normalized spacial score (nSPS) is 32.9. The number of aryl methyl sites for hydroxylation is 1. The van der Waals surface area contributed by atoms with E-state index in [9.17, 15) is 4.79 Å². The number of carbonyl (C=O) groups excluding carboxylic acids is 1. The van der Waals surface area contributed by atoms with Crippen LogP contribution >= 0.6 is 0 Å². The van der Waals surface area contributed by atoms with Gasteiger partial charge in [0.25, 0.3) is 0 Å². The summed E-state index contributed by atoms with van der Waals surface area (Å²) >= 11 is 0. The van der Waals surface area contributed by atoms with Crippen molar-refractivity contribution in [3.8, 4) is 0 Å². The average molecular weight is 285 g/mol. The second-order valence-corrected chi connectivity index (χ2v) is 7.26. The van der Waals surface area contributed by atoms with Crippen molar-refractivity contribution in [1.82, 2.24) is 0 Å². The summed E-state index contributed by atoms with van der Waals surface area (Å²) in [4.78, 5) is 15.0. The predicted molar refractivity (Wildman–Crippen MR) is 87.6 cm³/mol. The Morgan fingerprint density at radius 3 is 2.71 bits per heavy atom. The van der Waals surface area contributed by atoms with Crippen LogP contribution in [0.3, 0.4) is 0 Å². The number of Topliss-reactive ketones (excluding diaryl/α,β-unsaturated/α-hetero) is 1. The lowest BCUT2D eigenvalue weighted by molar-refractivity contribution is -0.127. The van der Waals surface area contributed by atoms with Gasteiger partial charge in [-0.3, -0.25) is 4.79 Å². The van der Waals surface area contributed by atoms with Crippen LogP contribution in [0.4, 0.5) is 5.69 Å². The number of hydrogen-bond acceptors (Lipinski definition) is 2. The number of ketones is 1. The molecule has 1 fully saturated rings. The second-order valence-electron chi connectivity index (χ2n) is 7.26. The van der Waals surface area contributed by atoms with Gasteiger partial charge in [0.2, 0.25) is 0 Å². The Morgan fingerprint density at radius 1 is 1.19 bits per heavy atom. The highest BCUT2D eigenvalue weighted by Crippen LogP contribution is 2.36. The van der Waals surface area contributed by atoms with Crippen LogP contribution in [0.25, 0.3) is 0 Å². The summed E-state index contributed by atoms with van der Waals surface area (Å²) in [7, 11) is 0. The van der Waals surface area contributed by atoms with Crippen molar-refractivity contribution in [3.05, 3.63) is 29.8 Å². The molecule has 4 atom stereocenters. The fraction of sp³-hybridized carbons (Fsp3) is 0.632. The predicted octanol–water partition coefficient (Wildman–Crippen LogP) is 4.08. The molecular formula is C19H27NO. The van der Waals surface area contributed by atoms with Crippen LogP contribution in [-0.4, -0.2) is 18.4 Å². The zero-order chi connectivity index (χ0) is 15.0. The molecule has 21 heavy (non-hydrogen) atoms. The summed E-state index contributed by atoms with van der Waals surface area (Å²) in [5, 5.41) is 0. The molecule has 0 spiro atoms. The van der Waals surface area contributed by atoms with E-state index in [-0.39, 0.29) is 5.92 Å². The maximum Gasteiger partial charge on any atom is 0.138 e. The van der Waals surface area contributed by atoms with Gasteiger partial charge in [0.1, 0.15) is 5.78 Å². The third-order valence-corrected chi connectivity index (χ3v) is 5.48. The Kier molecular flexibility index (Phi) is 4.05. The quantitative estimate of drug-likeness (QED) is 0.816. The second kappa shape index (κ2) is 5.82. The third-order valence-electron chi connectivity index (χ3n) is 5.48. The molecule has 2 aliphatic rings. The molecule has 1 aliphatic carbocycles. The minimum absolute atomic E-state index is 0.217. The molecule has 114 valence electrons. The molecule has 0 N–H and O–H groups in total. The number of rotatable bonds is 2. The van der Waals surface area contributed by atoms with Crippen LogP contribution < -0.4 is 4.90 Å². The summed E-state index contributed by atoms with van der Waals surface area (Å²) in [6.07, 6.45) is 4.33. The van der Waals surface area contributed by atoms with Gasteiger partial charge in [-0.15, -0.1) is 0 Å². The highest BCUT2D eigenvalue weighted by Gasteiger charge is 2.35.